The molecular formula is C12H15N5OS2. The Labute approximate surface area is 124 Å². The average molecular weight is 309 g/mol. The van der Waals surface area contributed by atoms with Gasteiger partial charge in [0.05, 0.1) is 34.1 Å². The second kappa shape index (κ2) is 6.10. The lowest BCUT2D eigenvalue weighted by Crippen LogP contribution is -2.21. The number of hydrazone groups is 1. The molecule has 106 valence electrons. The van der Waals surface area contributed by atoms with Crippen molar-refractivity contribution in [1.29, 1.82) is 0 Å². The lowest BCUT2D eigenvalue weighted by atomic mass is 10.2. The Hall–Kier alpha value is -1.80. The fraction of sp³-hybridized carbons (Fsp3) is 0.333. The van der Waals surface area contributed by atoms with Gasteiger partial charge in [0, 0.05) is 5.38 Å². The number of aryl methyl sites for hydroxylation is 2. The molecule has 3 N–H and O–H groups in total. The number of nitrogens with two attached hydrogens (primary N) is 1. The van der Waals surface area contributed by atoms with Crippen molar-refractivity contribution in [2.75, 3.05) is 5.73 Å². The summed E-state index contributed by atoms with van der Waals surface area (Å²) in [5, 5.41) is 7.49. The smallest absolute Gasteiger partial charge is 0.246 e. The zero-order valence-electron chi connectivity index (χ0n) is 11.4. The second-order valence-corrected chi connectivity index (χ2v) is 6.14. The molecule has 0 saturated heterocycles. The van der Waals surface area contributed by atoms with Crippen LogP contribution >= 0.6 is 22.9 Å². The monoisotopic (exact) mass is 309 g/mol. The van der Waals surface area contributed by atoms with Crippen molar-refractivity contribution in [2.24, 2.45) is 5.10 Å². The molecule has 0 atom stereocenters. The third-order valence-electron chi connectivity index (χ3n) is 2.61. The standard InChI is InChI=1S/C12H15N5OS2/c1-6(11-7(2)17-20-12(11)13)15-16-10(18)4-9-5-19-8(3)14-9/h5H,4,13H2,1-3H3,(H,16,18)/b15-6-. The third kappa shape index (κ3) is 3.40. The van der Waals surface area contributed by atoms with E-state index in [9.17, 15) is 4.79 Å². The summed E-state index contributed by atoms with van der Waals surface area (Å²) in [7, 11) is 0. The van der Waals surface area contributed by atoms with Crippen LogP contribution in [-0.4, -0.2) is 21.0 Å². The summed E-state index contributed by atoms with van der Waals surface area (Å²) in [5.74, 6) is -0.200. The summed E-state index contributed by atoms with van der Waals surface area (Å²) in [6, 6.07) is 0. The summed E-state index contributed by atoms with van der Waals surface area (Å²) < 4.78 is 4.15. The number of carbonyl (C=O) groups is 1. The molecule has 0 saturated carbocycles. The Morgan fingerprint density at radius 3 is 2.80 bits per heavy atom. The van der Waals surface area contributed by atoms with Crippen LogP contribution in [0.1, 0.15) is 28.9 Å². The Kier molecular flexibility index (Phi) is 4.46. The maximum Gasteiger partial charge on any atom is 0.246 e. The van der Waals surface area contributed by atoms with E-state index in [4.69, 9.17) is 5.73 Å². The first-order chi connectivity index (χ1) is 9.47. The van der Waals surface area contributed by atoms with E-state index in [2.05, 4.69) is 19.9 Å². The average Bonchev–Trinajstić information content (AvgIpc) is 2.93. The van der Waals surface area contributed by atoms with E-state index >= 15 is 0 Å². The van der Waals surface area contributed by atoms with Crippen LogP contribution in [0.5, 0.6) is 0 Å². The van der Waals surface area contributed by atoms with Crippen LogP contribution in [0.25, 0.3) is 0 Å². The molecule has 2 rings (SSSR count). The van der Waals surface area contributed by atoms with Gasteiger partial charge in [0.2, 0.25) is 5.91 Å². The van der Waals surface area contributed by atoms with Crippen LogP contribution in [0.4, 0.5) is 5.00 Å². The van der Waals surface area contributed by atoms with Gasteiger partial charge in [-0.3, -0.25) is 4.79 Å². The molecule has 0 aromatic carbocycles. The minimum atomic E-state index is -0.200. The van der Waals surface area contributed by atoms with E-state index in [0.29, 0.717) is 10.7 Å². The van der Waals surface area contributed by atoms with E-state index in [1.165, 1.54) is 22.9 Å². The Morgan fingerprint density at radius 1 is 1.50 bits per heavy atom. The van der Waals surface area contributed by atoms with Crippen LogP contribution in [0.2, 0.25) is 0 Å². The minimum absolute atomic E-state index is 0.200. The Bertz CT molecular complexity index is 639. The van der Waals surface area contributed by atoms with E-state index in [0.717, 1.165) is 22.0 Å². The van der Waals surface area contributed by atoms with Crippen LogP contribution in [0, 0.1) is 13.8 Å². The highest BCUT2D eigenvalue weighted by Gasteiger charge is 2.11. The van der Waals surface area contributed by atoms with Gasteiger partial charge in [-0.2, -0.15) is 9.47 Å². The maximum absolute atomic E-state index is 11.8. The number of hydrogen-bond donors (Lipinski definition) is 2. The number of nitrogens with one attached hydrogen (secondary N) is 1. The van der Waals surface area contributed by atoms with E-state index in [1.54, 1.807) is 6.92 Å². The van der Waals surface area contributed by atoms with Crippen LogP contribution in [0.15, 0.2) is 10.5 Å². The Morgan fingerprint density at radius 2 is 2.25 bits per heavy atom. The number of thiazole rings is 1. The van der Waals surface area contributed by atoms with Crippen molar-refractivity contribution in [1.82, 2.24) is 14.8 Å². The van der Waals surface area contributed by atoms with Gasteiger partial charge >= 0.3 is 0 Å². The number of aromatic nitrogens is 2. The quantitative estimate of drug-likeness (QED) is 0.666. The van der Waals surface area contributed by atoms with Gasteiger partial charge < -0.3 is 5.73 Å². The number of amides is 1. The van der Waals surface area contributed by atoms with Gasteiger partial charge in [0.15, 0.2) is 0 Å². The molecule has 0 aliphatic carbocycles. The van der Waals surface area contributed by atoms with Crippen molar-refractivity contribution >= 4 is 39.5 Å². The molecule has 0 fully saturated rings. The van der Waals surface area contributed by atoms with Crippen molar-refractivity contribution in [3.8, 4) is 0 Å². The summed E-state index contributed by atoms with van der Waals surface area (Å²) in [6.45, 7) is 5.56. The van der Waals surface area contributed by atoms with Crippen molar-refractivity contribution in [3.05, 3.63) is 27.3 Å². The molecular weight excluding hydrogens is 294 g/mol. The number of carbonyl (C=O) groups excluding carboxylic acids is 1. The van der Waals surface area contributed by atoms with Gasteiger partial charge in [-0.1, -0.05) is 0 Å². The molecule has 2 aromatic heterocycles. The number of hydrogen-bond acceptors (Lipinski definition) is 7. The molecule has 1 amide bonds. The lowest BCUT2D eigenvalue weighted by molar-refractivity contribution is -0.120. The first-order valence-electron chi connectivity index (χ1n) is 5.93. The topological polar surface area (TPSA) is 93.3 Å². The Balaban J connectivity index is 2.00. The van der Waals surface area contributed by atoms with E-state index < -0.39 is 0 Å². The molecule has 6 nitrogen and oxygen atoms in total. The number of nitrogens with zero attached hydrogens (tertiary/aromatic N) is 3. The molecule has 20 heavy (non-hydrogen) atoms. The van der Waals surface area contributed by atoms with Gasteiger partial charge in [0.1, 0.15) is 5.00 Å². The summed E-state index contributed by atoms with van der Waals surface area (Å²) in [6.07, 6.45) is 0.220. The molecule has 0 aliphatic rings. The van der Waals surface area contributed by atoms with Crippen molar-refractivity contribution < 1.29 is 4.79 Å². The summed E-state index contributed by atoms with van der Waals surface area (Å²) in [5.41, 5.74) is 11.4. The van der Waals surface area contributed by atoms with Gasteiger partial charge in [-0.15, -0.1) is 11.3 Å². The summed E-state index contributed by atoms with van der Waals surface area (Å²) >= 11 is 2.75. The molecule has 0 bridgehead atoms. The van der Waals surface area contributed by atoms with Gasteiger partial charge in [-0.25, -0.2) is 10.4 Å². The molecule has 2 heterocycles. The lowest BCUT2D eigenvalue weighted by Gasteiger charge is -2.02. The van der Waals surface area contributed by atoms with E-state index in [1.807, 2.05) is 19.2 Å². The van der Waals surface area contributed by atoms with Crippen LogP contribution in [-0.2, 0) is 11.2 Å². The zero-order chi connectivity index (χ0) is 14.7. The predicted octanol–water partition coefficient (Wildman–Crippen LogP) is 1.88. The maximum atomic E-state index is 11.8. The van der Waals surface area contributed by atoms with Gasteiger partial charge in [0.25, 0.3) is 0 Å². The van der Waals surface area contributed by atoms with Crippen molar-refractivity contribution in [2.45, 2.75) is 27.2 Å². The van der Waals surface area contributed by atoms with Crippen molar-refractivity contribution in [3.63, 3.8) is 0 Å². The molecule has 0 radical (unpaired) electrons. The molecule has 0 unspecified atom stereocenters. The van der Waals surface area contributed by atoms with Crippen LogP contribution < -0.4 is 11.2 Å². The largest absolute Gasteiger partial charge is 0.389 e. The first-order valence-corrected chi connectivity index (χ1v) is 7.59. The highest BCUT2D eigenvalue weighted by atomic mass is 32.1. The molecule has 2 aromatic rings. The fourth-order valence-corrected chi connectivity index (χ4v) is 3.05. The first kappa shape index (κ1) is 14.6. The normalized spacial score (nSPS) is 11.7. The number of nitrogen functional groups attached to an aromatic ring is 1. The highest BCUT2D eigenvalue weighted by molar-refractivity contribution is 7.10. The predicted molar refractivity (Wildman–Crippen MR) is 82.2 cm³/mol. The molecule has 8 heteroatoms. The summed E-state index contributed by atoms with van der Waals surface area (Å²) in [4.78, 5) is 16.0. The molecule has 0 spiro atoms. The number of rotatable bonds is 4. The minimum Gasteiger partial charge on any atom is -0.389 e. The molecule has 0 aliphatic heterocycles. The highest BCUT2D eigenvalue weighted by Crippen LogP contribution is 2.21. The SMILES string of the molecule is C/C(=N/NC(=O)Cc1csc(C)n1)c1c(C)nsc1N. The van der Waals surface area contributed by atoms with Crippen LogP contribution in [0.3, 0.4) is 0 Å². The van der Waals surface area contributed by atoms with Gasteiger partial charge in [-0.05, 0) is 32.3 Å². The third-order valence-corrected chi connectivity index (χ3v) is 4.20. The fourth-order valence-electron chi connectivity index (χ4n) is 1.72. The number of anilines is 1. The zero-order valence-corrected chi connectivity index (χ0v) is 13.1. The second-order valence-electron chi connectivity index (χ2n) is 4.27. The van der Waals surface area contributed by atoms with E-state index in [-0.39, 0.29) is 12.3 Å².